The van der Waals surface area contributed by atoms with Gasteiger partial charge in [-0.05, 0) is 30.7 Å². The van der Waals surface area contributed by atoms with E-state index in [4.69, 9.17) is 9.84 Å². The first-order valence-corrected chi connectivity index (χ1v) is 7.53. The summed E-state index contributed by atoms with van der Waals surface area (Å²) in [4.78, 5) is 0. The topological polar surface area (TPSA) is 41.5 Å². The maximum absolute atomic E-state index is 8.84. The molecule has 1 atom stereocenters. The zero-order valence-corrected chi connectivity index (χ0v) is 12.0. The Balaban J connectivity index is 2.60. The van der Waals surface area contributed by atoms with Crippen LogP contribution in [0.1, 0.15) is 24.9 Å². The van der Waals surface area contributed by atoms with Crippen LogP contribution in [-0.2, 0) is 0 Å². The molecule has 0 amide bonds. The highest BCUT2D eigenvalue weighted by Crippen LogP contribution is 2.21. The smallest absolute Gasteiger partial charge is 0.118 e. The summed E-state index contributed by atoms with van der Waals surface area (Å²) in [5, 5.41) is 12.4. The first-order valence-electron chi connectivity index (χ1n) is 6.37. The van der Waals surface area contributed by atoms with Crippen molar-refractivity contribution in [2.75, 3.05) is 31.8 Å². The number of aliphatic hydroxyl groups excluding tert-OH is 1. The van der Waals surface area contributed by atoms with Crippen LogP contribution in [0.5, 0.6) is 5.75 Å². The van der Waals surface area contributed by atoms with Gasteiger partial charge in [-0.3, -0.25) is 0 Å². The van der Waals surface area contributed by atoms with Crippen molar-refractivity contribution in [1.29, 1.82) is 0 Å². The van der Waals surface area contributed by atoms with E-state index in [1.165, 1.54) is 5.56 Å². The van der Waals surface area contributed by atoms with Gasteiger partial charge in [-0.25, -0.2) is 0 Å². The van der Waals surface area contributed by atoms with Crippen LogP contribution in [0.3, 0.4) is 0 Å². The van der Waals surface area contributed by atoms with Gasteiger partial charge in [0.2, 0.25) is 0 Å². The van der Waals surface area contributed by atoms with Crippen molar-refractivity contribution in [3.63, 3.8) is 0 Å². The Labute approximate surface area is 114 Å². The van der Waals surface area contributed by atoms with Gasteiger partial charge in [-0.1, -0.05) is 19.1 Å². The third-order valence-electron chi connectivity index (χ3n) is 2.68. The standard InChI is InChI=1S/C14H23NO2S/c1-3-8-15-14(11-18-10-9-16)12-4-6-13(17-2)7-5-12/h4-7,14-16H,3,8-11H2,1-2H3. The molecule has 1 aromatic carbocycles. The lowest BCUT2D eigenvalue weighted by atomic mass is 10.1. The molecular weight excluding hydrogens is 246 g/mol. The van der Waals surface area contributed by atoms with Crippen LogP contribution < -0.4 is 10.1 Å². The van der Waals surface area contributed by atoms with Gasteiger partial charge >= 0.3 is 0 Å². The van der Waals surface area contributed by atoms with Crippen LogP contribution in [-0.4, -0.2) is 36.9 Å². The molecule has 0 fully saturated rings. The summed E-state index contributed by atoms with van der Waals surface area (Å²) >= 11 is 1.77. The molecule has 0 aliphatic rings. The fourth-order valence-corrected chi connectivity index (χ4v) is 2.54. The molecule has 0 heterocycles. The number of thioether (sulfide) groups is 1. The summed E-state index contributed by atoms with van der Waals surface area (Å²) in [7, 11) is 1.68. The minimum Gasteiger partial charge on any atom is -0.497 e. The van der Waals surface area contributed by atoms with Gasteiger partial charge in [0.05, 0.1) is 13.7 Å². The van der Waals surface area contributed by atoms with Crippen LogP contribution in [0.4, 0.5) is 0 Å². The normalized spacial score (nSPS) is 12.4. The van der Waals surface area contributed by atoms with E-state index in [1.54, 1.807) is 18.9 Å². The molecule has 0 aromatic heterocycles. The van der Waals surface area contributed by atoms with Crippen molar-refractivity contribution in [3.05, 3.63) is 29.8 Å². The van der Waals surface area contributed by atoms with Crippen molar-refractivity contribution >= 4 is 11.8 Å². The Morgan fingerprint density at radius 2 is 2.06 bits per heavy atom. The van der Waals surface area contributed by atoms with E-state index in [-0.39, 0.29) is 6.61 Å². The van der Waals surface area contributed by atoms with Gasteiger partial charge in [0.25, 0.3) is 0 Å². The fourth-order valence-electron chi connectivity index (χ4n) is 1.69. The average molecular weight is 269 g/mol. The highest BCUT2D eigenvalue weighted by Gasteiger charge is 2.10. The number of hydrogen-bond donors (Lipinski definition) is 2. The molecule has 102 valence electrons. The molecule has 0 aliphatic heterocycles. The number of aliphatic hydroxyl groups is 1. The van der Waals surface area contributed by atoms with Crippen LogP contribution in [0, 0.1) is 0 Å². The van der Waals surface area contributed by atoms with E-state index in [0.29, 0.717) is 6.04 Å². The van der Waals surface area contributed by atoms with Gasteiger partial charge in [0.1, 0.15) is 5.75 Å². The summed E-state index contributed by atoms with van der Waals surface area (Å²) in [5.41, 5.74) is 1.27. The highest BCUT2D eigenvalue weighted by atomic mass is 32.2. The van der Waals surface area contributed by atoms with Gasteiger partial charge < -0.3 is 15.2 Å². The molecule has 1 unspecified atom stereocenters. The van der Waals surface area contributed by atoms with E-state index in [0.717, 1.165) is 30.2 Å². The maximum Gasteiger partial charge on any atom is 0.118 e. The van der Waals surface area contributed by atoms with E-state index >= 15 is 0 Å². The van der Waals surface area contributed by atoms with E-state index in [2.05, 4.69) is 24.4 Å². The largest absolute Gasteiger partial charge is 0.497 e. The minimum absolute atomic E-state index is 0.244. The molecule has 0 bridgehead atoms. The number of benzene rings is 1. The first-order chi connectivity index (χ1) is 8.81. The predicted octanol–water partition coefficient (Wildman–Crippen LogP) is 2.46. The molecule has 1 rings (SSSR count). The number of hydrogen-bond acceptors (Lipinski definition) is 4. The maximum atomic E-state index is 8.84. The molecule has 18 heavy (non-hydrogen) atoms. The zero-order chi connectivity index (χ0) is 13.2. The van der Waals surface area contributed by atoms with Crippen molar-refractivity contribution < 1.29 is 9.84 Å². The number of nitrogens with one attached hydrogen (secondary N) is 1. The second kappa shape index (κ2) is 9.25. The third-order valence-corrected chi connectivity index (χ3v) is 3.72. The predicted molar refractivity (Wildman–Crippen MR) is 78.4 cm³/mol. The molecule has 0 saturated heterocycles. The molecule has 2 N–H and O–H groups in total. The van der Waals surface area contributed by atoms with Crippen molar-refractivity contribution in [2.45, 2.75) is 19.4 Å². The third kappa shape index (κ3) is 5.29. The van der Waals surface area contributed by atoms with Crippen LogP contribution >= 0.6 is 11.8 Å². The molecule has 3 nitrogen and oxygen atoms in total. The molecular formula is C14H23NO2S. The Hall–Kier alpha value is -0.710. The summed E-state index contributed by atoms with van der Waals surface area (Å²) in [5.74, 6) is 2.66. The highest BCUT2D eigenvalue weighted by molar-refractivity contribution is 7.99. The average Bonchev–Trinajstić information content (AvgIpc) is 2.43. The second-order valence-electron chi connectivity index (χ2n) is 4.08. The number of ether oxygens (including phenoxy) is 1. The van der Waals surface area contributed by atoms with Crippen LogP contribution in [0.2, 0.25) is 0 Å². The Kier molecular flexibility index (Phi) is 7.89. The molecule has 0 aliphatic carbocycles. The van der Waals surface area contributed by atoms with Gasteiger partial charge in [-0.2, -0.15) is 11.8 Å². The van der Waals surface area contributed by atoms with Crippen LogP contribution in [0.15, 0.2) is 24.3 Å². The molecule has 0 radical (unpaired) electrons. The lowest BCUT2D eigenvalue weighted by Gasteiger charge is -2.19. The molecule has 4 heteroatoms. The number of rotatable bonds is 9. The minimum atomic E-state index is 0.244. The zero-order valence-electron chi connectivity index (χ0n) is 11.2. The second-order valence-corrected chi connectivity index (χ2v) is 5.23. The van der Waals surface area contributed by atoms with Gasteiger partial charge in [-0.15, -0.1) is 0 Å². The quantitative estimate of drug-likeness (QED) is 0.676. The van der Waals surface area contributed by atoms with Crippen molar-refractivity contribution in [1.82, 2.24) is 5.32 Å². The SMILES string of the molecule is CCCNC(CSCCO)c1ccc(OC)cc1. The Morgan fingerprint density at radius 3 is 2.61 bits per heavy atom. The molecule has 0 spiro atoms. The van der Waals surface area contributed by atoms with E-state index < -0.39 is 0 Å². The lowest BCUT2D eigenvalue weighted by Crippen LogP contribution is -2.24. The van der Waals surface area contributed by atoms with E-state index in [1.807, 2.05) is 12.1 Å². The van der Waals surface area contributed by atoms with Gasteiger partial charge in [0.15, 0.2) is 0 Å². The van der Waals surface area contributed by atoms with Gasteiger partial charge in [0, 0.05) is 17.5 Å². The Bertz CT molecular complexity index is 316. The van der Waals surface area contributed by atoms with Crippen LogP contribution in [0.25, 0.3) is 0 Å². The summed E-state index contributed by atoms with van der Waals surface area (Å²) in [6.45, 7) is 3.42. The number of methoxy groups -OCH3 is 1. The van der Waals surface area contributed by atoms with E-state index in [9.17, 15) is 0 Å². The molecule has 0 saturated carbocycles. The summed E-state index contributed by atoms with van der Waals surface area (Å²) in [6, 6.07) is 8.53. The summed E-state index contributed by atoms with van der Waals surface area (Å²) in [6.07, 6.45) is 1.12. The first kappa shape index (κ1) is 15.3. The molecule has 1 aromatic rings. The Morgan fingerprint density at radius 1 is 1.33 bits per heavy atom. The monoisotopic (exact) mass is 269 g/mol. The summed E-state index contributed by atoms with van der Waals surface area (Å²) < 4.78 is 5.17. The lowest BCUT2D eigenvalue weighted by molar-refractivity contribution is 0.322. The fraction of sp³-hybridized carbons (Fsp3) is 0.571. The van der Waals surface area contributed by atoms with Crippen molar-refractivity contribution in [2.24, 2.45) is 0 Å². The van der Waals surface area contributed by atoms with Crippen molar-refractivity contribution in [3.8, 4) is 5.75 Å².